The minimum atomic E-state index is -4.27. The van der Waals surface area contributed by atoms with E-state index in [0.29, 0.717) is 0 Å². The van der Waals surface area contributed by atoms with Gasteiger partial charge in [-0.2, -0.15) is 4.31 Å². The Morgan fingerprint density at radius 2 is 1.90 bits per heavy atom. The molecular formula is C13H14F2N2O2S2. The summed E-state index contributed by atoms with van der Waals surface area (Å²) in [5.74, 6) is -2.37. The Labute approximate surface area is 125 Å². The van der Waals surface area contributed by atoms with Gasteiger partial charge in [0.2, 0.25) is 10.0 Å². The van der Waals surface area contributed by atoms with Crippen molar-refractivity contribution in [3.63, 3.8) is 0 Å². The van der Waals surface area contributed by atoms with Crippen molar-refractivity contribution in [1.29, 1.82) is 0 Å². The molecule has 0 aliphatic carbocycles. The van der Waals surface area contributed by atoms with Crippen molar-refractivity contribution in [2.24, 2.45) is 0 Å². The lowest BCUT2D eigenvalue weighted by Crippen LogP contribution is -2.31. The van der Waals surface area contributed by atoms with Crippen LogP contribution in [0.4, 0.5) is 14.5 Å². The smallest absolute Gasteiger partial charge is 0.249 e. The normalized spacial score (nSPS) is 12.0. The molecule has 0 spiro atoms. The second kappa shape index (κ2) is 6.08. The standard InChI is InChI=1S/C13H14F2N2O2S2/c1-2-17(8-10-4-3-5-20-10)21(18,19)13-11(14)6-9(16)7-12(13)15/h3-7H,2,8,16H2,1H3. The van der Waals surface area contributed by atoms with Crippen LogP contribution in [0.5, 0.6) is 0 Å². The van der Waals surface area contributed by atoms with Gasteiger partial charge in [-0.25, -0.2) is 17.2 Å². The number of nitrogens with zero attached hydrogens (tertiary/aromatic N) is 1. The van der Waals surface area contributed by atoms with Crippen LogP contribution in [-0.2, 0) is 16.6 Å². The molecule has 0 fully saturated rings. The van der Waals surface area contributed by atoms with Gasteiger partial charge in [-0.05, 0) is 23.6 Å². The Morgan fingerprint density at radius 3 is 2.38 bits per heavy atom. The molecule has 1 heterocycles. The number of anilines is 1. The Bertz CT molecular complexity index is 708. The number of nitrogen functional groups attached to an aromatic ring is 1. The first-order chi connectivity index (χ1) is 9.86. The highest BCUT2D eigenvalue weighted by atomic mass is 32.2. The second-order valence-corrected chi connectivity index (χ2v) is 7.23. The van der Waals surface area contributed by atoms with E-state index in [0.717, 1.165) is 21.3 Å². The fourth-order valence-electron chi connectivity index (χ4n) is 1.90. The summed E-state index contributed by atoms with van der Waals surface area (Å²) in [5, 5.41) is 1.81. The summed E-state index contributed by atoms with van der Waals surface area (Å²) in [6, 6.07) is 5.15. The Hall–Kier alpha value is -1.51. The van der Waals surface area contributed by atoms with Crippen molar-refractivity contribution >= 4 is 27.0 Å². The number of benzene rings is 1. The Morgan fingerprint density at radius 1 is 1.29 bits per heavy atom. The fraction of sp³-hybridized carbons (Fsp3) is 0.231. The molecule has 2 N–H and O–H groups in total. The van der Waals surface area contributed by atoms with Crippen LogP contribution in [0.1, 0.15) is 11.8 Å². The molecule has 114 valence electrons. The van der Waals surface area contributed by atoms with Crippen LogP contribution in [0.2, 0.25) is 0 Å². The highest BCUT2D eigenvalue weighted by Crippen LogP contribution is 2.26. The Kier molecular flexibility index (Phi) is 4.60. The van der Waals surface area contributed by atoms with Crippen molar-refractivity contribution in [2.45, 2.75) is 18.4 Å². The molecule has 8 heteroatoms. The first-order valence-corrected chi connectivity index (χ1v) is 8.45. The van der Waals surface area contributed by atoms with Gasteiger partial charge in [0, 0.05) is 23.7 Å². The first-order valence-electron chi connectivity index (χ1n) is 6.13. The van der Waals surface area contributed by atoms with Gasteiger partial charge in [0.1, 0.15) is 11.6 Å². The van der Waals surface area contributed by atoms with E-state index in [1.807, 2.05) is 0 Å². The number of thiophene rings is 1. The number of sulfonamides is 1. The minimum absolute atomic E-state index is 0.0692. The molecule has 21 heavy (non-hydrogen) atoms. The van der Waals surface area contributed by atoms with Crippen LogP contribution < -0.4 is 5.73 Å². The molecule has 0 radical (unpaired) electrons. The van der Waals surface area contributed by atoms with Crippen molar-refractivity contribution in [2.75, 3.05) is 12.3 Å². The molecule has 0 bridgehead atoms. The van der Waals surface area contributed by atoms with Crippen LogP contribution in [0, 0.1) is 11.6 Å². The zero-order chi connectivity index (χ0) is 15.6. The second-order valence-electron chi connectivity index (χ2n) is 4.32. The third-order valence-electron chi connectivity index (χ3n) is 2.88. The molecular weight excluding hydrogens is 318 g/mol. The van der Waals surface area contributed by atoms with Crippen molar-refractivity contribution in [3.8, 4) is 0 Å². The quantitative estimate of drug-likeness (QED) is 0.857. The van der Waals surface area contributed by atoms with Gasteiger partial charge in [0.25, 0.3) is 0 Å². The van der Waals surface area contributed by atoms with E-state index < -0.39 is 26.6 Å². The summed E-state index contributed by atoms with van der Waals surface area (Å²) in [4.78, 5) is -0.174. The average Bonchev–Trinajstić information content (AvgIpc) is 2.86. The SMILES string of the molecule is CCN(Cc1cccs1)S(=O)(=O)c1c(F)cc(N)cc1F. The summed E-state index contributed by atoms with van der Waals surface area (Å²) in [6.07, 6.45) is 0. The molecule has 0 aliphatic heterocycles. The van der Waals surface area contributed by atoms with Crippen LogP contribution >= 0.6 is 11.3 Å². The molecule has 0 amide bonds. The summed E-state index contributed by atoms with van der Waals surface area (Å²) in [6.45, 7) is 1.78. The average molecular weight is 332 g/mol. The van der Waals surface area contributed by atoms with Gasteiger partial charge in [0.05, 0.1) is 0 Å². The lowest BCUT2D eigenvalue weighted by Gasteiger charge is -2.20. The summed E-state index contributed by atoms with van der Waals surface area (Å²) in [7, 11) is -4.27. The van der Waals surface area contributed by atoms with E-state index >= 15 is 0 Å². The van der Waals surface area contributed by atoms with Crippen molar-refractivity contribution < 1.29 is 17.2 Å². The van der Waals surface area contributed by atoms with Gasteiger partial charge < -0.3 is 5.73 Å². The highest BCUT2D eigenvalue weighted by molar-refractivity contribution is 7.89. The summed E-state index contributed by atoms with van der Waals surface area (Å²) < 4.78 is 53.6. The maximum absolute atomic E-state index is 13.9. The molecule has 0 saturated heterocycles. The van der Waals surface area contributed by atoms with E-state index in [9.17, 15) is 17.2 Å². The van der Waals surface area contributed by atoms with E-state index in [2.05, 4.69) is 0 Å². The van der Waals surface area contributed by atoms with Gasteiger partial charge in [-0.3, -0.25) is 0 Å². The molecule has 0 unspecified atom stereocenters. The predicted molar refractivity (Wildman–Crippen MR) is 78.4 cm³/mol. The van der Waals surface area contributed by atoms with Gasteiger partial charge in [-0.1, -0.05) is 13.0 Å². The molecule has 0 saturated carbocycles. The molecule has 2 aromatic rings. The number of nitrogens with two attached hydrogens (primary N) is 1. The topological polar surface area (TPSA) is 63.4 Å². The maximum Gasteiger partial charge on any atom is 0.249 e. The first kappa shape index (κ1) is 15.9. The zero-order valence-corrected chi connectivity index (χ0v) is 12.8. The molecule has 0 atom stereocenters. The van der Waals surface area contributed by atoms with Crippen LogP contribution in [0.25, 0.3) is 0 Å². The third-order valence-corrected chi connectivity index (χ3v) is 5.72. The molecule has 1 aromatic heterocycles. The lowest BCUT2D eigenvalue weighted by atomic mass is 10.3. The van der Waals surface area contributed by atoms with Crippen molar-refractivity contribution in [1.82, 2.24) is 4.31 Å². The fourth-order valence-corrected chi connectivity index (χ4v) is 4.22. The van der Waals surface area contributed by atoms with Crippen LogP contribution in [-0.4, -0.2) is 19.3 Å². The van der Waals surface area contributed by atoms with Gasteiger partial charge in [-0.15, -0.1) is 11.3 Å². The van der Waals surface area contributed by atoms with E-state index in [1.54, 1.807) is 24.4 Å². The van der Waals surface area contributed by atoms with Crippen LogP contribution in [0.3, 0.4) is 0 Å². The van der Waals surface area contributed by atoms with E-state index in [1.165, 1.54) is 11.3 Å². The number of hydrogen-bond acceptors (Lipinski definition) is 4. The van der Waals surface area contributed by atoms with Crippen molar-refractivity contribution in [3.05, 3.63) is 46.2 Å². The third kappa shape index (κ3) is 3.22. The monoisotopic (exact) mass is 332 g/mol. The maximum atomic E-state index is 13.9. The van der Waals surface area contributed by atoms with Gasteiger partial charge >= 0.3 is 0 Å². The van der Waals surface area contributed by atoms with E-state index in [-0.39, 0.29) is 18.8 Å². The largest absolute Gasteiger partial charge is 0.399 e. The lowest BCUT2D eigenvalue weighted by molar-refractivity contribution is 0.415. The number of halogens is 2. The molecule has 2 rings (SSSR count). The van der Waals surface area contributed by atoms with E-state index in [4.69, 9.17) is 5.73 Å². The number of rotatable bonds is 5. The minimum Gasteiger partial charge on any atom is -0.399 e. The Balaban J connectivity index is 2.45. The number of hydrogen-bond donors (Lipinski definition) is 1. The molecule has 4 nitrogen and oxygen atoms in total. The zero-order valence-electron chi connectivity index (χ0n) is 11.2. The summed E-state index contributed by atoms with van der Waals surface area (Å²) >= 11 is 1.38. The van der Waals surface area contributed by atoms with Gasteiger partial charge in [0.15, 0.2) is 4.90 Å². The molecule has 1 aromatic carbocycles. The highest BCUT2D eigenvalue weighted by Gasteiger charge is 2.30. The summed E-state index contributed by atoms with van der Waals surface area (Å²) in [5.41, 5.74) is 5.14. The predicted octanol–water partition coefficient (Wildman–Crippen LogP) is 2.82. The van der Waals surface area contributed by atoms with Crippen LogP contribution in [0.15, 0.2) is 34.5 Å². The molecule has 0 aliphatic rings.